The van der Waals surface area contributed by atoms with Crippen LogP contribution in [0.3, 0.4) is 0 Å². The van der Waals surface area contributed by atoms with Crippen molar-refractivity contribution in [1.29, 1.82) is 0 Å². The molecule has 0 aliphatic rings. The molecule has 0 spiro atoms. The van der Waals surface area contributed by atoms with Crippen LogP contribution < -0.4 is 10.2 Å². The molecule has 0 aliphatic heterocycles. The zero-order valence-corrected chi connectivity index (χ0v) is 12.3. The maximum atomic E-state index is 11.7. The van der Waals surface area contributed by atoms with Gasteiger partial charge in [-0.3, -0.25) is 9.59 Å². The number of methoxy groups -OCH3 is 1. The second kappa shape index (κ2) is 8.32. The number of hydrogen-bond acceptors (Lipinski definition) is 3. The summed E-state index contributed by atoms with van der Waals surface area (Å²) in [6, 6.07) is 7.20. The van der Waals surface area contributed by atoms with Gasteiger partial charge in [0.25, 0.3) is 0 Å². The van der Waals surface area contributed by atoms with E-state index in [1.54, 1.807) is 31.2 Å². The Labute approximate surface area is 119 Å². The summed E-state index contributed by atoms with van der Waals surface area (Å²) in [6.45, 7) is 2.19. The normalized spacial score (nSPS) is 10.2. The fourth-order valence-corrected chi connectivity index (χ4v) is 1.71. The standard InChI is InChI=1S/C15H22N2O3/c1-12(18)17(2)14-9-7-13(8-10-14)16-15(19)6-4-5-11-20-3/h7-10H,4-6,11H2,1-3H3,(H,16,19). The van der Waals surface area contributed by atoms with E-state index >= 15 is 0 Å². The van der Waals surface area contributed by atoms with Crippen molar-refractivity contribution >= 4 is 23.2 Å². The first-order valence-corrected chi connectivity index (χ1v) is 6.67. The maximum absolute atomic E-state index is 11.7. The lowest BCUT2D eigenvalue weighted by molar-refractivity contribution is -0.117. The highest BCUT2D eigenvalue weighted by Crippen LogP contribution is 2.17. The molecule has 0 saturated carbocycles. The van der Waals surface area contributed by atoms with Gasteiger partial charge in [0.05, 0.1) is 0 Å². The molecule has 2 amide bonds. The van der Waals surface area contributed by atoms with Gasteiger partial charge in [-0.1, -0.05) is 0 Å². The number of unbranched alkanes of at least 4 members (excludes halogenated alkanes) is 1. The highest BCUT2D eigenvalue weighted by molar-refractivity contribution is 5.93. The van der Waals surface area contributed by atoms with Crippen LogP contribution in [0.5, 0.6) is 0 Å². The molecule has 20 heavy (non-hydrogen) atoms. The van der Waals surface area contributed by atoms with Gasteiger partial charge in [0, 0.05) is 45.5 Å². The summed E-state index contributed by atoms with van der Waals surface area (Å²) < 4.78 is 4.93. The largest absolute Gasteiger partial charge is 0.385 e. The van der Waals surface area contributed by atoms with Gasteiger partial charge in [-0.25, -0.2) is 0 Å². The summed E-state index contributed by atoms with van der Waals surface area (Å²) in [6.07, 6.45) is 2.18. The Hall–Kier alpha value is -1.88. The van der Waals surface area contributed by atoms with E-state index in [1.807, 2.05) is 12.1 Å². The molecule has 0 aliphatic carbocycles. The van der Waals surface area contributed by atoms with Crippen LogP contribution in [0.1, 0.15) is 26.2 Å². The summed E-state index contributed by atoms with van der Waals surface area (Å²) in [7, 11) is 3.37. The number of carbonyl (C=O) groups excluding carboxylic acids is 2. The molecule has 1 aromatic carbocycles. The smallest absolute Gasteiger partial charge is 0.224 e. The molecule has 0 fully saturated rings. The Kier molecular flexibility index (Phi) is 6.73. The third-order valence-corrected chi connectivity index (χ3v) is 3.01. The van der Waals surface area contributed by atoms with Gasteiger partial charge >= 0.3 is 0 Å². The average Bonchev–Trinajstić information content (AvgIpc) is 2.43. The Morgan fingerprint density at radius 1 is 1.20 bits per heavy atom. The maximum Gasteiger partial charge on any atom is 0.224 e. The number of anilines is 2. The number of benzene rings is 1. The Bertz CT molecular complexity index is 443. The molecule has 0 atom stereocenters. The van der Waals surface area contributed by atoms with Crippen LogP contribution in [-0.2, 0) is 14.3 Å². The van der Waals surface area contributed by atoms with Gasteiger partial charge in [0.1, 0.15) is 0 Å². The van der Waals surface area contributed by atoms with Crippen molar-refractivity contribution in [2.75, 3.05) is 31.0 Å². The summed E-state index contributed by atoms with van der Waals surface area (Å²) in [4.78, 5) is 24.5. The van der Waals surface area contributed by atoms with E-state index in [-0.39, 0.29) is 11.8 Å². The van der Waals surface area contributed by atoms with E-state index in [2.05, 4.69) is 5.32 Å². The lowest BCUT2D eigenvalue weighted by atomic mass is 10.2. The van der Waals surface area contributed by atoms with Crippen molar-refractivity contribution in [3.05, 3.63) is 24.3 Å². The zero-order chi connectivity index (χ0) is 15.0. The van der Waals surface area contributed by atoms with Crippen molar-refractivity contribution in [1.82, 2.24) is 0 Å². The van der Waals surface area contributed by atoms with Gasteiger partial charge in [0.2, 0.25) is 11.8 Å². The van der Waals surface area contributed by atoms with Crippen LogP contribution in [0.4, 0.5) is 11.4 Å². The third kappa shape index (κ3) is 5.40. The molecule has 110 valence electrons. The molecule has 1 N–H and O–H groups in total. The van der Waals surface area contributed by atoms with E-state index < -0.39 is 0 Å². The Morgan fingerprint density at radius 2 is 1.85 bits per heavy atom. The molecular formula is C15H22N2O3. The SMILES string of the molecule is COCCCCC(=O)Nc1ccc(N(C)C(C)=O)cc1. The monoisotopic (exact) mass is 278 g/mol. The first-order valence-electron chi connectivity index (χ1n) is 6.67. The van der Waals surface area contributed by atoms with E-state index in [4.69, 9.17) is 4.74 Å². The average molecular weight is 278 g/mol. The van der Waals surface area contributed by atoms with Crippen molar-refractivity contribution in [2.45, 2.75) is 26.2 Å². The topological polar surface area (TPSA) is 58.6 Å². The van der Waals surface area contributed by atoms with Crippen LogP contribution >= 0.6 is 0 Å². The molecule has 5 nitrogen and oxygen atoms in total. The minimum absolute atomic E-state index is 0.00576. The minimum atomic E-state index is -0.0278. The zero-order valence-electron chi connectivity index (χ0n) is 12.3. The van der Waals surface area contributed by atoms with Gasteiger partial charge in [-0.2, -0.15) is 0 Å². The third-order valence-electron chi connectivity index (χ3n) is 3.01. The summed E-state index contributed by atoms with van der Waals surface area (Å²) in [5.41, 5.74) is 1.54. The van der Waals surface area contributed by atoms with Crippen molar-refractivity contribution in [3.8, 4) is 0 Å². The predicted octanol–water partition coefficient (Wildman–Crippen LogP) is 2.42. The molecule has 0 heterocycles. The number of rotatable bonds is 7. The van der Waals surface area contributed by atoms with Crippen LogP contribution in [-0.4, -0.2) is 32.6 Å². The fourth-order valence-electron chi connectivity index (χ4n) is 1.71. The molecule has 0 bridgehead atoms. The molecule has 0 unspecified atom stereocenters. The van der Waals surface area contributed by atoms with Gasteiger partial charge in [-0.05, 0) is 37.1 Å². The first-order chi connectivity index (χ1) is 9.54. The number of carbonyl (C=O) groups is 2. The molecule has 5 heteroatoms. The highest BCUT2D eigenvalue weighted by atomic mass is 16.5. The molecular weight excluding hydrogens is 256 g/mol. The lowest BCUT2D eigenvalue weighted by Crippen LogP contribution is -2.22. The van der Waals surface area contributed by atoms with Crippen LogP contribution in [0, 0.1) is 0 Å². The second-order valence-corrected chi connectivity index (χ2v) is 4.62. The van der Waals surface area contributed by atoms with Gasteiger partial charge in [-0.15, -0.1) is 0 Å². The van der Waals surface area contributed by atoms with Crippen LogP contribution in [0.25, 0.3) is 0 Å². The molecule has 0 saturated heterocycles. The van der Waals surface area contributed by atoms with Crippen LogP contribution in [0.2, 0.25) is 0 Å². The number of nitrogens with zero attached hydrogens (tertiary/aromatic N) is 1. The number of nitrogens with one attached hydrogen (secondary N) is 1. The summed E-state index contributed by atoms with van der Waals surface area (Å²) in [5.74, 6) is -0.0336. The molecule has 0 aromatic heterocycles. The molecule has 0 radical (unpaired) electrons. The highest BCUT2D eigenvalue weighted by Gasteiger charge is 2.06. The number of ether oxygens (including phenoxy) is 1. The van der Waals surface area contributed by atoms with E-state index in [1.165, 1.54) is 6.92 Å². The fraction of sp³-hybridized carbons (Fsp3) is 0.467. The van der Waals surface area contributed by atoms with E-state index in [0.717, 1.165) is 24.2 Å². The number of amides is 2. The summed E-state index contributed by atoms with van der Waals surface area (Å²) in [5, 5.41) is 2.83. The predicted molar refractivity (Wildman–Crippen MR) is 79.9 cm³/mol. The van der Waals surface area contributed by atoms with Gasteiger partial charge in [0.15, 0.2) is 0 Å². The molecule has 1 aromatic rings. The molecule has 1 rings (SSSR count). The lowest BCUT2D eigenvalue weighted by Gasteiger charge is -2.15. The van der Waals surface area contributed by atoms with Crippen LogP contribution in [0.15, 0.2) is 24.3 Å². The Balaban J connectivity index is 2.45. The van der Waals surface area contributed by atoms with Crippen molar-refractivity contribution in [3.63, 3.8) is 0 Å². The van der Waals surface area contributed by atoms with Crippen molar-refractivity contribution in [2.24, 2.45) is 0 Å². The summed E-state index contributed by atoms with van der Waals surface area (Å²) >= 11 is 0. The number of hydrogen-bond donors (Lipinski definition) is 1. The minimum Gasteiger partial charge on any atom is -0.385 e. The Morgan fingerprint density at radius 3 is 2.40 bits per heavy atom. The van der Waals surface area contributed by atoms with Gasteiger partial charge < -0.3 is 15.0 Å². The first kappa shape index (κ1) is 16.2. The van der Waals surface area contributed by atoms with E-state index in [9.17, 15) is 9.59 Å². The van der Waals surface area contributed by atoms with E-state index in [0.29, 0.717) is 13.0 Å². The quantitative estimate of drug-likeness (QED) is 0.779. The van der Waals surface area contributed by atoms with Crippen molar-refractivity contribution < 1.29 is 14.3 Å². The second-order valence-electron chi connectivity index (χ2n) is 4.62.